The second-order valence-corrected chi connectivity index (χ2v) is 5.40. The Morgan fingerprint density at radius 3 is 2.65 bits per heavy atom. The molecule has 0 unspecified atom stereocenters. The number of allylic oxidation sites excluding steroid dienone is 2. The SMILES string of the molecule is CC(C)=CC1=Nc2ccc(CN)cc2C1(C)C. The lowest BCUT2D eigenvalue weighted by Gasteiger charge is -2.21. The van der Waals surface area contributed by atoms with E-state index in [0.29, 0.717) is 6.54 Å². The van der Waals surface area contributed by atoms with E-state index in [2.05, 4.69) is 52.0 Å². The van der Waals surface area contributed by atoms with Crippen LogP contribution in [0.2, 0.25) is 0 Å². The topological polar surface area (TPSA) is 38.4 Å². The van der Waals surface area contributed by atoms with E-state index in [0.717, 1.165) is 11.4 Å². The van der Waals surface area contributed by atoms with Gasteiger partial charge in [0.05, 0.1) is 11.4 Å². The molecule has 17 heavy (non-hydrogen) atoms. The molecule has 0 aromatic heterocycles. The maximum atomic E-state index is 5.70. The number of fused-ring (bicyclic) bond motifs is 1. The van der Waals surface area contributed by atoms with Crippen molar-refractivity contribution < 1.29 is 0 Å². The summed E-state index contributed by atoms with van der Waals surface area (Å²) in [7, 11) is 0. The highest BCUT2D eigenvalue weighted by Gasteiger charge is 2.33. The molecule has 2 nitrogen and oxygen atoms in total. The predicted molar refractivity (Wildman–Crippen MR) is 73.9 cm³/mol. The van der Waals surface area contributed by atoms with Crippen LogP contribution in [0.15, 0.2) is 34.8 Å². The molecule has 0 atom stereocenters. The summed E-state index contributed by atoms with van der Waals surface area (Å²) < 4.78 is 0. The van der Waals surface area contributed by atoms with E-state index in [4.69, 9.17) is 10.7 Å². The van der Waals surface area contributed by atoms with Crippen LogP contribution in [0.3, 0.4) is 0 Å². The lowest BCUT2D eigenvalue weighted by Crippen LogP contribution is -2.24. The first-order valence-electron chi connectivity index (χ1n) is 6.02. The highest BCUT2D eigenvalue weighted by molar-refractivity contribution is 6.08. The summed E-state index contributed by atoms with van der Waals surface area (Å²) in [5.41, 5.74) is 11.6. The molecule has 0 fully saturated rings. The van der Waals surface area contributed by atoms with Crippen LogP contribution in [0.5, 0.6) is 0 Å². The number of hydrogen-bond donors (Lipinski definition) is 1. The molecular formula is C15H20N2. The Bertz CT molecular complexity index is 504. The monoisotopic (exact) mass is 228 g/mol. The third kappa shape index (κ3) is 2.05. The van der Waals surface area contributed by atoms with Gasteiger partial charge in [-0.2, -0.15) is 0 Å². The molecule has 0 aliphatic carbocycles. The van der Waals surface area contributed by atoms with Crippen LogP contribution in [0.1, 0.15) is 38.8 Å². The van der Waals surface area contributed by atoms with Gasteiger partial charge in [-0.3, -0.25) is 4.99 Å². The van der Waals surface area contributed by atoms with Gasteiger partial charge in [0, 0.05) is 12.0 Å². The molecule has 0 spiro atoms. The molecule has 2 N–H and O–H groups in total. The van der Waals surface area contributed by atoms with Gasteiger partial charge in [-0.15, -0.1) is 0 Å². The molecule has 2 heteroatoms. The van der Waals surface area contributed by atoms with E-state index in [-0.39, 0.29) is 5.41 Å². The first kappa shape index (κ1) is 12.1. The molecule has 0 amide bonds. The van der Waals surface area contributed by atoms with Crippen molar-refractivity contribution >= 4 is 11.4 Å². The Labute approximate surface area is 103 Å². The molecular weight excluding hydrogens is 208 g/mol. The lowest BCUT2D eigenvalue weighted by atomic mass is 9.80. The molecule has 1 aliphatic heterocycles. The normalized spacial score (nSPS) is 16.4. The highest BCUT2D eigenvalue weighted by Crippen LogP contribution is 2.40. The van der Waals surface area contributed by atoms with E-state index in [1.807, 2.05) is 0 Å². The molecule has 1 heterocycles. The third-order valence-corrected chi connectivity index (χ3v) is 3.28. The maximum Gasteiger partial charge on any atom is 0.0674 e. The van der Waals surface area contributed by atoms with Crippen LogP contribution >= 0.6 is 0 Å². The van der Waals surface area contributed by atoms with Crippen molar-refractivity contribution in [3.8, 4) is 0 Å². The standard InChI is InChI=1S/C15H20N2/c1-10(2)7-14-15(3,4)12-8-11(9-16)5-6-13(12)17-14/h5-8H,9,16H2,1-4H3. The fourth-order valence-electron chi connectivity index (χ4n) is 2.20. The summed E-state index contributed by atoms with van der Waals surface area (Å²) in [5, 5.41) is 0. The Morgan fingerprint density at radius 1 is 1.35 bits per heavy atom. The average Bonchev–Trinajstić information content (AvgIpc) is 2.50. The zero-order valence-electron chi connectivity index (χ0n) is 11.0. The minimum absolute atomic E-state index is 0.0161. The summed E-state index contributed by atoms with van der Waals surface area (Å²) in [6.07, 6.45) is 2.17. The zero-order chi connectivity index (χ0) is 12.6. The Hall–Kier alpha value is -1.41. The summed E-state index contributed by atoms with van der Waals surface area (Å²) in [5.74, 6) is 0. The second-order valence-electron chi connectivity index (χ2n) is 5.40. The smallest absolute Gasteiger partial charge is 0.0674 e. The van der Waals surface area contributed by atoms with Crippen LogP contribution < -0.4 is 5.73 Å². The minimum Gasteiger partial charge on any atom is -0.326 e. The fraction of sp³-hybridized carbons (Fsp3) is 0.400. The number of nitrogens with two attached hydrogens (primary N) is 1. The molecule has 1 aliphatic rings. The van der Waals surface area contributed by atoms with Crippen LogP contribution in [0.4, 0.5) is 5.69 Å². The van der Waals surface area contributed by atoms with E-state index in [1.165, 1.54) is 16.7 Å². The summed E-state index contributed by atoms with van der Waals surface area (Å²) in [4.78, 5) is 4.72. The van der Waals surface area contributed by atoms with Crippen LogP contribution in [0, 0.1) is 0 Å². The van der Waals surface area contributed by atoms with Crippen molar-refractivity contribution in [2.45, 2.75) is 39.7 Å². The van der Waals surface area contributed by atoms with E-state index < -0.39 is 0 Å². The average molecular weight is 228 g/mol. The van der Waals surface area contributed by atoms with Gasteiger partial charge < -0.3 is 5.73 Å². The third-order valence-electron chi connectivity index (χ3n) is 3.28. The van der Waals surface area contributed by atoms with Gasteiger partial charge in [-0.1, -0.05) is 31.6 Å². The Morgan fingerprint density at radius 2 is 2.06 bits per heavy atom. The molecule has 0 bridgehead atoms. The molecule has 1 aromatic rings. The number of aliphatic imine (C=N–C) groups is 1. The van der Waals surface area contributed by atoms with E-state index >= 15 is 0 Å². The largest absolute Gasteiger partial charge is 0.326 e. The molecule has 0 saturated heterocycles. The van der Waals surface area contributed by atoms with Crippen molar-refractivity contribution in [1.82, 2.24) is 0 Å². The van der Waals surface area contributed by atoms with Gasteiger partial charge in [0.25, 0.3) is 0 Å². The van der Waals surface area contributed by atoms with E-state index in [1.54, 1.807) is 0 Å². The minimum atomic E-state index is -0.0161. The first-order valence-corrected chi connectivity index (χ1v) is 6.02. The van der Waals surface area contributed by atoms with Gasteiger partial charge in [-0.25, -0.2) is 0 Å². The van der Waals surface area contributed by atoms with Crippen molar-refractivity contribution in [3.05, 3.63) is 41.0 Å². The first-order chi connectivity index (χ1) is 7.95. The van der Waals surface area contributed by atoms with Crippen LogP contribution in [-0.2, 0) is 12.0 Å². The lowest BCUT2D eigenvalue weighted by molar-refractivity contribution is 0.737. The van der Waals surface area contributed by atoms with Crippen LogP contribution in [-0.4, -0.2) is 5.71 Å². The van der Waals surface area contributed by atoms with Crippen molar-refractivity contribution in [3.63, 3.8) is 0 Å². The Balaban J connectivity index is 2.51. The Kier molecular flexibility index (Phi) is 2.92. The van der Waals surface area contributed by atoms with Gasteiger partial charge in [0.2, 0.25) is 0 Å². The number of rotatable bonds is 2. The van der Waals surface area contributed by atoms with Crippen molar-refractivity contribution in [2.24, 2.45) is 10.7 Å². The quantitative estimate of drug-likeness (QED) is 0.827. The van der Waals surface area contributed by atoms with E-state index in [9.17, 15) is 0 Å². The molecule has 1 aromatic carbocycles. The fourth-order valence-corrected chi connectivity index (χ4v) is 2.20. The predicted octanol–water partition coefficient (Wildman–Crippen LogP) is 3.48. The maximum absolute atomic E-state index is 5.70. The summed E-state index contributed by atoms with van der Waals surface area (Å²) >= 11 is 0. The summed E-state index contributed by atoms with van der Waals surface area (Å²) in [6.45, 7) is 9.23. The zero-order valence-corrected chi connectivity index (χ0v) is 11.0. The van der Waals surface area contributed by atoms with Gasteiger partial charge >= 0.3 is 0 Å². The number of benzene rings is 1. The van der Waals surface area contributed by atoms with Crippen LogP contribution in [0.25, 0.3) is 0 Å². The number of nitrogens with zero attached hydrogens (tertiary/aromatic N) is 1. The van der Waals surface area contributed by atoms with Gasteiger partial charge in [0.15, 0.2) is 0 Å². The molecule has 2 rings (SSSR count). The molecule has 0 saturated carbocycles. The number of hydrogen-bond acceptors (Lipinski definition) is 2. The second kappa shape index (κ2) is 4.11. The van der Waals surface area contributed by atoms with Crippen molar-refractivity contribution in [1.29, 1.82) is 0 Å². The molecule has 0 radical (unpaired) electrons. The molecule has 90 valence electrons. The van der Waals surface area contributed by atoms with Gasteiger partial charge in [0.1, 0.15) is 0 Å². The van der Waals surface area contributed by atoms with Gasteiger partial charge in [-0.05, 0) is 37.1 Å². The summed E-state index contributed by atoms with van der Waals surface area (Å²) in [6, 6.07) is 6.32. The van der Waals surface area contributed by atoms with Crippen molar-refractivity contribution in [2.75, 3.05) is 0 Å². The highest BCUT2D eigenvalue weighted by atomic mass is 14.8.